The highest BCUT2D eigenvalue weighted by atomic mass is 32.2. The molecule has 0 aliphatic heterocycles. The molecule has 2 rings (SSSR count). The Morgan fingerprint density at radius 3 is 2.37 bits per heavy atom. The fourth-order valence-electron chi connectivity index (χ4n) is 2.41. The van der Waals surface area contributed by atoms with Crippen molar-refractivity contribution in [1.82, 2.24) is 10.2 Å². The molecule has 1 aromatic carbocycles. The molecule has 1 amide bonds. The van der Waals surface area contributed by atoms with Gasteiger partial charge in [-0.25, -0.2) is 8.42 Å². The van der Waals surface area contributed by atoms with Crippen molar-refractivity contribution in [2.24, 2.45) is 0 Å². The van der Waals surface area contributed by atoms with Gasteiger partial charge in [-0.3, -0.25) is 14.4 Å². The Balaban J connectivity index is 2.20. The third-order valence-corrected chi connectivity index (χ3v) is 6.83. The lowest BCUT2D eigenvalue weighted by atomic mass is 10.1. The molecule has 1 N–H and O–H groups in total. The van der Waals surface area contributed by atoms with Crippen LogP contribution in [-0.4, -0.2) is 42.1 Å². The summed E-state index contributed by atoms with van der Waals surface area (Å²) >= 11 is 2.82. The number of thioether (sulfide) groups is 1. The highest BCUT2D eigenvalue weighted by Crippen LogP contribution is 2.29. The summed E-state index contributed by atoms with van der Waals surface area (Å²) in [4.78, 5) is 12.6. The molecule has 0 saturated heterocycles. The van der Waals surface area contributed by atoms with Gasteiger partial charge in [0.25, 0.3) is 0 Å². The van der Waals surface area contributed by atoms with Gasteiger partial charge in [0.05, 0.1) is 11.9 Å². The van der Waals surface area contributed by atoms with Crippen molar-refractivity contribution in [2.75, 3.05) is 15.9 Å². The van der Waals surface area contributed by atoms with Crippen molar-refractivity contribution in [3.05, 3.63) is 29.8 Å². The summed E-state index contributed by atoms with van der Waals surface area (Å²) in [6.45, 7) is 7.66. The predicted molar refractivity (Wildman–Crippen MR) is 112 cm³/mol. The molecule has 1 atom stereocenters. The maximum absolute atomic E-state index is 12.6. The van der Waals surface area contributed by atoms with Crippen LogP contribution in [0.1, 0.15) is 33.3 Å². The zero-order chi connectivity index (χ0) is 20.2. The Morgan fingerprint density at radius 1 is 1.22 bits per heavy atom. The van der Waals surface area contributed by atoms with E-state index >= 15 is 0 Å². The second kappa shape index (κ2) is 9.03. The summed E-state index contributed by atoms with van der Waals surface area (Å²) in [5, 5.41) is 11.4. The van der Waals surface area contributed by atoms with Crippen LogP contribution < -0.4 is 9.62 Å². The van der Waals surface area contributed by atoms with E-state index in [0.29, 0.717) is 16.1 Å². The first-order chi connectivity index (χ1) is 12.6. The molecule has 0 radical (unpaired) electrons. The molecular formula is C17H24N4O3S3. The van der Waals surface area contributed by atoms with E-state index in [4.69, 9.17) is 0 Å². The van der Waals surface area contributed by atoms with Crippen molar-refractivity contribution in [3.8, 4) is 0 Å². The quantitative estimate of drug-likeness (QED) is 0.512. The van der Waals surface area contributed by atoms with Crippen LogP contribution in [0.25, 0.3) is 0 Å². The smallest absolute Gasteiger partial charge is 0.249 e. The molecule has 0 aliphatic rings. The summed E-state index contributed by atoms with van der Waals surface area (Å²) in [5.74, 6) is -0.461. The van der Waals surface area contributed by atoms with Gasteiger partial charge in [0.2, 0.25) is 21.1 Å². The van der Waals surface area contributed by atoms with Crippen LogP contribution in [-0.2, 0) is 21.2 Å². The van der Waals surface area contributed by atoms with Crippen molar-refractivity contribution in [3.63, 3.8) is 0 Å². The minimum atomic E-state index is -3.65. The summed E-state index contributed by atoms with van der Waals surface area (Å²) in [6.07, 6.45) is 1.94. The van der Waals surface area contributed by atoms with E-state index in [1.54, 1.807) is 30.8 Å². The number of amides is 1. The average Bonchev–Trinajstić information content (AvgIpc) is 3.00. The Bertz CT molecular complexity index is 879. The summed E-state index contributed by atoms with van der Waals surface area (Å²) in [5.41, 5.74) is 1.54. The number of benzene rings is 1. The normalized spacial score (nSPS) is 12.8. The van der Waals surface area contributed by atoms with E-state index in [9.17, 15) is 13.2 Å². The summed E-state index contributed by atoms with van der Waals surface area (Å²) in [7, 11) is -3.65. The Hall–Kier alpha value is -1.65. The number of hydrogen-bond acceptors (Lipinski definition) is 7. The lowest BCUT2D eigenvalue weighted by Gasteiger charge is -2.28. The first-order valence-electron chi connectivity index (χ1n) is 8.51. The number of sulfonamides is 1. The standard InChI is InChI=1S/C17H24N4O3S3/c1-6-13-7-9-14(10-8-13)21(27(5,23)24)12(4)15(22)18-16-19-20-17(26-16)25-11(2)3/h7-12H,6H2,1-5H3,(H,18,19,22). The van der Waals surface area contributed by atoms with Crippen molar-refractivity contribution >= 4 is 49.8 Å². The molecule has 0 aliphatic carbocycles. The van der Waals surface area contributed by atoms with E-state index in [-0.39, 0.29) is 0 Å². The van der Waals surface area contributed by atoms with E-state index in [0.717, 1.165) is 26.9 Å². The first-order valence-corrected chi connectivity index (χ1v) is 12.1. The van der Waals surface area contributed by atoms with E-state index in [1.807, 2.05) is 32.9 Å². The zero-order valence-corrected chi connectivity index (χ0v) is 18.4. The highest BCUT2D eigenvalue weighted by Gasteiger charge is 2.29. The van der Waals surface area contributed by atoms with Gasteiger partial charge in [0.1, 0.15) is 6.04 Å². The van der Waals surface area contributed by atoms with Gasteiger partial charge in [-0.1, -0.05) is 56.0 Å². The lowest BCUT2D eigenvalue weighted by Crippen LogP contribution is -2.45. The summed E-state index contributed by atoms with van der Waals surface area (Å²) < 4.78 is 26.5. The minimum Gasteiger partial charge on any atom is -0.299 e. The zero-order valence-electron chi connectivity index (χ0n) is 16.0. The molecule has 148 valence electrons. The summed E-state index contributed by atoms with van der Waals surface area (Å²) in [6, 6.07) is 6.21. The van der Waals surface area contributed by atoms with Crippen LogP contribution in [0.5, 0.6) is 0 Å². The molecule has 10 heteroatoms. The molecular weight excluding hydrogens is 404 g/mol. The number of hydrogen-bond donors (Lipinski definition) is 1. The van der Waals surface area contributed by atoms with Crippen LogP contribution in [0.4, 0.5) is 10.8 Å². The third kappa shape index (κ3) is 5.91. The molecule has 0 fully saturated rings. The van der Waals surface area contributed by atoms with Gasteiger partial charge >= 0.3 is 0 Å². The number of rotatable bonds is 8. The van der Waals surface area contributed by atoms with Gasteiger partial charge in [0, 0.05) is 5.25 Å². The number of carbonyl (C=O) groups is 1. The van der Waals surface area contributed by atoms with E-state index in [2.05, 4.69) is 15.5 Å². The van der Waals surface area contributed by atoms with E-state index < -0.39 is 22.0 Å². The molecule has 7 nitrogen and oxygen atoms in total. The van der Waals surface area contributed by atoms with E-state index in [1.165, 1.54) is 11.3 Å². The van der Waals surface area contributed by atoms with Gasteiger partial charge < -0.3 is 0 Å². The van der Waals surface area contributed by atoms with Gasteiger partial charge in [0.15, 0.2) is 4.34 Å². The molecule has 1 heterocycles. The van der Waals surface area contributed by atoms with Crippen LogP contribution in [0, 0.1) is 0 Å². The van der Waals surface area contributed by atoms with Crippen molar-refractivity contribution in [1.29, 1.82) is 0 Å². The second-order valence-electron chi connectivity index (χ2n) is 6.28. The maximum Gasteiger partial charge on any atom is 0.249 e. The monoisotopic (exact) mass is 428 g/mol. The number of aryl methyl sites for hydroxylation is 1. The Labute approximate surface area is 168 Å². The number of nitrogens with zero attached hydrogens (tertiary/aromatic N) is 3. The van der Waals surface area contributed by atoms with Crippen LogP contribution in [0.3, 0.4) is 0 Å². The molecule has 0 bridgehead atoms. The largest absolute Gasteiger partial charge is 0.299 e. The average molecular weight is 429 g/mol. The van der Waals surface area contributed by atoms with Crippen LogP contribution in [0.15, 0.2) is 28.6 Å². The molecule has 1 unspecified atom stereocenters. The molecule has 27 heavy (non-hydrogen) atoms. The Kier molecular flexibility index (Phi) is 7.24. The first kappa shape index (κ1) is 21.6. The second-order valence-corrected chi connectivity index (χ2v) is 10.9. The number of carbonyl (C=O) groups excluding carboxylic acids is 1. The highest BCUT2D eigenvalue weighted by molar-refractivity contribution is 8.01. The molecule has 1 aromatic heterocycles. The number of anilines is 2. The third-order valence-electron chi connectivity index (χ3n) is 3.66. The van der Waals surface area contributed by atoms with Gasteiger partial charge in [-0.05, 0) is 31.0 Å². The topological polar surface area (TPSA) is 92.3 Å². The van der Waals surface area contributed by atoms with Gasteiger partial charge in [-0.15, -0.1) is 10.2 Å². The van der Waals surface area contributed by atoms with Crippen LogP contribution in [0.2, 0.25) is 0 Å². The lowest BCUT2D eigenvalue weighted by molar-refractivity contribution is -0.116. The predicted octanol–water partition coefficient (Wildman–Crippen LogP) is 3.39. The van der Waals surface area contributed by atoms with Crippen LogP contribution >= 0.6 is 23.1 Å². The molecule has 0 saturated carbocycles. The molecule has 0 spiro atoms. The number of nitrogens with one attached hydrogen (secondary N) is 1. The fourth-order valence-corrected chi connectivity index (χ4v) is 5.56. The van der Waals surface area contributed by atoms with Crippen molar-refractivity contribution in [2.45, 2.75) is 49.7 Å². The van der Waals surface area contributed by atoms with Gasteiger partial charge in [-0.2, -0.15) is 0 Å². The SMILES string of the molecule is CCc1ccc(N(C(C)C(=O)Nc2nnc(SC(C)C)s2)S(C)(=O)=O)cc1. The fraction of sp³-hybridized carbons (Fsp3) is 0.471. The van der Waals surface area contributed by atoms with Crippen molar-refractivity contribution < 1.29 is 13.2 Å². The maximum atomic E-state index is 12.6. The minimum absolute atomic E-state index is 0.352. The Morgan fingerprint density at radius 2 is 1.85 bits per heavy atom. The molecule has 2 aromatic rings. The number of aromatic nitrogens is 2.